The molecule has 0 aliphatic carbocycles. The maximum Gasteiger partial charge on any atom is 0.294 e. The van der Waals surface area contributed by atoms with Crippen molar-refractivity contribution in [3.8, 4) is 0 Å². The van der Waals surface area contributed by atoms with Gasteiger partial charge in [0, 0.05) is 12.6 Å². The number of nitro groups is 1. The van der Waals surface area contributed by atoms with Gasteiger partial charge in [0.25, 0.3) is 5.69 Å². The van der Waals surface area contributed by atoms with Crippen LogP contribution in [0.5, 0.6) is 0 Å². The largest absolute Gasteiger partial charge is 0.394 e. The number of benzene rings is 1. The average Bonchev–Trinajstić information content (AvgIpc) is 3.08. The van der Waals surface area contributed by atoms with E-state index in [0.717, 1.165) is 22.5 Å². The van der Waals surface area contributed by atoms with Crippen LogP contribution in [0.3, 0.4) is 0 Å². The van der Waals surface area contributed by atoms with Gasteiger partial charge in [-0.3, -0.25) is 10.1 Å². The van der Waals surface area contributed by atoms with Crippen LogP contribution < -0.4 is 4.90 Å². The molecule has 3 rings (SSSR count). The molecule has 1 fully saturated rings. The second kappa shape index (κ2) is 5.81. The molecular weight excluding hydrogens is 302 g/mol. The van der Waals surface area contributed by atoms with Crippen LogP contribution in [-0.2, 0) is 6.42 Å². The summed E-state index contributed by atoms with van der Waals surface area (Å²) in [5.41, 5.74) is 1.35. The first-order valence-corrected chi connectivity index (χ1v) is 8.31. The van der Waals surface area contributed by atoms with Crippen molar-refractivity contribution >= 4 is 32.9 Å². The van der Waals surface area contributed by atoms with E-state index in [1.165, 1.54) is 0 Å². The maximum absolute atomic E-state index is 11.5. The molecule has 1 aliphatic heterocycles. The Kier molecular flexibility index (Phi) is 4.01. The summed E-state index contributed by atoms with van der Waals surface area (Å²) in [6.07, 6.45) is 1.65. The van der Waals surface area contributed by atoms with E-state index >= 15 is 0 Å². The number of nitro benzene ring substituents is 1. The van der Waals surface area contributed by atoms with E-state index in [2.05, 4.69) is 11.9 Å². The number of aliphatic hydroxyl groups is 1. The van der Waals surface area contributed by atoms with Crippen LogP contribution in [0.4, 0.5) is 11.4 Å². The van der Waals surface area contributed by atoms with E-state index in [4.69, 9.17) is 0 Å². The van der Waals surface area contributed by atoms with Crippen LogP contribution in [0.2, 0.25) is 0 Å². The van der Waals surface area contributed by atoms with Gasteiger partial charge in [0.05, 0.1) is 27.3 Å². The summed E-state index contributed by atoms with van der Waals surface area (Å²) < 4.78 is 0.966. The van der Waals surface area contributed by atoms with E-state index in [9.17, 15) is 15.2 Å². The van der Waals surface area contributed by atoms with Crippen molar-refractivity contribution < 1.29 is 10.0 Å². The van der Waals surface area contributed by atoms with E-state index in [1.807, 2.05) is 11.8 Å². The van der Waals surface area contributed by atoms with Crippen LogP contribution in [0.15, 0.2) is 12.1 Å². The van der Waals surface area contributed by atoms with Crippen molar-refractivity contribution in [3.05, 3.63) is 27.3 Å². The van der Waals surface area contributed by atoms with E-state index < -0.39 is 0 Å². The fraction of sp³-hybridized carbons (Fsp3) is 0.533. The molecule has 0 unspecified atom stereocenters. The lowest BCUT2D eigenvalue weighted by Crippen LogP contribution is -2.32. The van der Waals surface area contributed by atoms with Gasteiger partial charge in [-0.1, -0.05) is 13.8 Å². The molecule has 6 nitrogen and oxygen atoms in total. The summed E-state index contributed by atoms with van der Waals surface area (Å²) in [6, 6.07) is 3.26. The van der Waals surface area contributed by atoms with Gasteiger partial charge in [-0.2, -0.15) is 0 Å². The predicted molar refractivity (Wildman–Crippen MR) is 87.7 cm³/mol. The number of aryl methyl sites for hydroxylation is 1. The Morgan fingerprint density at radius 1 is 1.55 bits per heavy atom. The third-order valence-electron chi connectivity index (χ3n) is 4.18. The van der Waals surface area contributed by atoms with E-state index in [0.29, 0.717) is 23.7 Å². The van der Waals surface area contributed by atoms with Crippen molar-refractivity contribution in [2.45, 2.75) is 32.7 Å². The summed E-state index contributed by atoms with van der Waals surface area (Å²) in [6.45, 7) is 4.85. The van der Waals surface area contributed by atoms with E-state index in [1.54, 1.807) is 23.5 Å². The normalized spacial score (nSPS) is 21.7. The molecule has 2 atom stereocenters. The number of fused-ring (bicyclic) bond motifs is 1. The molecule has 1 aromatic heterocycles. The van der Waals surface area contributed by atoms with Gasteiger partial charge >= 0.3 is 0 Å². The second-order valence-corrected chi connectivity index (χ2v) is 6.94. The van der Waals surface area contributed by atoms with Gasteiger partial charge in [-0.15, -0.1) is 11.3 Å². The highest BCUT2D eigenvalue weighted by Crippen LogP contribution is 2.42. The molecule has 1 aliphatic rings. The zero-order valence-corrected chi connectivity index (χ0v) is 13.5. The molecule has 0 saturated carbocycles. The van der Waals surface area contributed by atoms with Crippen LogP contribution >= 0.6 is 11.3 Å². The van der Waals surface area contributed by atoms with Crippen LogP contribution in [0.25, 0.3) is 10.2 Å². The Labute approximate surface area is 132 Å². The maximum atomic E-state index is 11.5. The fourth-order valence-corrected chi connectivity index (χ4v) is 4.11. The molecule has 2 heterocycles. The first-order chi connectivity index (χ1) is 10.5. The predicted octanol–water partition coefficient (Wildman–Crippen LogP) is 2.97. The Balaban J connectivity index is 2.22. The molecule has 22 heavy (non-hydrogen) atoms. The summed E-state index contributed by atoms with van der Waals surface area (Å²) in [4.78, 5) is 17.7. The van der Waals surface area contributed by atoms with Crippen molar-refractivity contribution in [2.75, 3.05) is 18.1 Å². The number of hydrogen-bond donors (Lipinski definition) is 1. The summed E-state index contributed by atoms with van der Waals surface area (Å²) >= 11 is 1.58. The molecule has 1 aromatic carbocycles. The first-order valence-electron chi connectivity index (χ1n) is 7.49. The molecule has 1 N–H and O–H groups in total. The standard InChI is InChI=1S/C15H19N3O3S/c1-3-13-16-14-12(22-13)5-4-11(18(20)21)15(14)17-7-9(2)6-10(17)8-19/h4-5,9-10,19H,3,6-8H2,1-2H3/t9-,10-/m0/s1. The Morgan fingerprint density at radius 2 is 2.32 bits per heavy atom. The molecule has 1 saturated heterocycles. The molecule has 2 aromatic rings. The molecule has 0 bridgehead atoms. The third-order valence-corrected chi connectivity index (χ3v) is 5.34. The number of aromatic nitrogens is 1. The second-order valence-electron chi connectivity index (χ2n) is 5.83. The van der Waals surface area contributed by atoms with Crippen LogP contribution in [0.1, 0.15) is 25.3 Å². The minimum absolute atomic E-state index is 0.00263. The molecule has 7 heteroatoms. The fourth-order valence-electron chi connectivity index (χ4n) is 3.20. The van der Waals surface area contributed by atoms with Crippen LogP contribution in [-0.4, -0.2) is 34.2 Å². The molecule has 0 radical (unpaired) electrons. The Morgan fingerprint density at radius 3 is 2.95 bits per heavy atom. The van der Waals surface area contributed by atoms with E-state index in [-0.39, 0.29) is 23.3 Å². The zero-order valence-electron chi connectivity index (χ0n) is 12.7. The molecular formula is C15H19N3O3S. The minimum atomic E-state index is -0.350. The van der Waals surface area contributed by atoms with Gasteiger partial charge < -0.3 is 10.0 Å². The van der Waals surface area contributed by atoms with Gasteiger partial charge in [0.1, 0.15) is 11.2 Å². The number of aliphatic hydroxyl groups excluding tert-OH is 1. The first kappa shape index (κ1) is 15.2. The Hall–Kier alpha value is -1.73. The molecule has 0 spiro atoms. The summed E-state index contributed by atoms with van der Waals surface area (Å²) in [5.74, 6) is 0.399. The summed E-state index contributed by atoms with van der Waals surface area (Å²) in [5, 5.41) is 22.1. The van der Waals surface area contributed by atoms with Gasteiger partial charge in [0.15, 0.2) is 0 Å². The summed E-state index contributed by atoms with van der Waals surface area (Å²) in [7, 11) is 0. The number of anilines is 1. The number of thiazole rings is 1. The average molecular weight is 321 g/mol. The van der Waals surface area contributed by atoms with Crippen molar-refractivity contribution in [3.63, 3.8) is 0 Å². The minimum Gasteiger partial charge on any atom is -0.394 e. The third kappa shape index (κ3) is 2.44. The topological polar surface area (TPSA) is 79.5 Å². The lowest BCUT2D eigenvalue weighted by Gasteiger charge is -2.25. The number of nitrogens with zero attached hydrogens (tertiary/aromatic N) is 3. The van der Waals surface area contributed by atoms with Gasteiger partial charge in [0.2, 0.25) is 0 Å². The quantitative estimate of drug-likeness (QED) is 0.692. The number of rotatable bonds is 4. The zero-order chi connectivity index (χ0) is 15.9. The molecule has 0 amide bonds. The van der Waals surface area contributed by atoms with Crippen molar-refractivity contribution in [1.82, 2.24) is 4.98 Å². The van der Waals surface area contributed by atoms with Gasteiger partial charge in [-0.25, -0.2) is 4.98 Å². The smallest absolute Gasteiger partial charge is 0.294 e. The highest BCUT2D eigenvalue weighted by molar-refractivity contribution is 7.18. The highest BCUT2D eigenvalue weighted by atomic mass is 32.1. The lowest BCUT2D eigenvalue weighted by atomic mass is 10.1. The van der Waals surface area contributed by atoms with Crippen LogP contribution in [0, 0.1) is 16.0 Å². The SMILES string of the molecule is CCc1nc2c(N3C[C@@H](C)C[C@H]3CO)c([N+](=O)[O-])ccc2s1. The Bertz CT molecular complexity index is 715. The highest BCUT2D eigenvalue weighted by Gasteiger charge is 2.35. The monoisotopic (exact) mass is 321 g/mol. The van der Waals surface area contributed by atoms with Crippen molar-refractivity contribution in [1.29, 1.82) is 0 Å². The molecule has 118 valence electrons. The van der Waals surface area contributed by atoms with Gasteiger partial charge in [-0.05, 0) is 24.8 Å². The lowest BCUT2D eigenvalue weighted by molar-refractivity contribution is -0.384. The van der Waals surface area contributed by atoms with Crippen molar-refractivity contribution in [2.24, 2.45) is 5.92 Å². The number of hydrogen-bond acceptors (Lipinski definition) is 6.